The Balaban J connectivity index is 2.09. The Kier molecular flexibility index (Phi) is 3.53. The highest BCUT2D eigenvalue weighted by Gasteiger charge is 2.20. The van der Waals surface area contributed by atoms with Crippen molar-refractivity contribution in [2.75, 3.05) is 24.7 Å². The maximum absolute atomic E-state index is 5.80. The quantitative estimate of drug-likeness (QED) is 0.621. The van der Waals surface area contributed by atoms with Crippen LogP contribution in [0.4, 0.5) is 11.8 Å². The molecule has 0 saturated heterocycles. The standard InChI is InChI=1S/C18H17N7/c1-24(2)16-17-23-14(12-6-4-3-5-7-12)15(25(17)11-10-20-16)13-8-9-21-18(19)22-13/h3-11H,1-2H3,(H2,19,21,22). The van der Waals surface area contributed by atoms with Crippen LogP contribution in [0.25, 0.3) is 28.3 Å². The Morgan fingerprint density at radius 2 is 1.76 bits per heavy atom. The predicted octanol–water partition coefficient (Wildman–Crippen LogP) is 2.50. The average Bonchev–Trinajstić information content (AvgIpc) is 3.01. The molecule has 0 aliphatic heterocycles. The van der Waals surface area contributed by atoms with Gasteiger partial charge in [0.05, 0.1) is 17.1 Å². The minimum atomic E-state index is 0.230. The fraction of sp³-hybridized carbons (Fsp3) is 0.111. The van der Waals surface area contributed by atoms with Crippen LogP contribution in [0.15, 0.2) is 55.0 Å². The Bertz CT molecular complexity index is 1040. The number of nitrogens with two attached hydrogens (primary N) is 1. The van der Waals surface area contributed by atoms with E-state index in [1.54, 1.807) is 12.4 Å². The van der Waals surface area contributed by atoms with Gasteiger partial charge in [0.25, 0.3) is 0 Å². The lowest BCUT2D eigenvalue weighted by Gasteiger charge is -2.11. The van der Waals surface area contributed by atoms with E-state index in [0.717, 1.165) is 34.1 Å². The maximum atomic E-state index is 5.80. The van der Waals surface area contributed by atoms with Gasteiger partial charge in [-0.25, -0.2) is 19.9 Å². The molecule has 0 amide bonds. The molecular formula is C18H17N7. The van der Waals surface area contributed by atoms with Gasteiger partial charge in [-0.3, -0.25) is 4.40 Å². The molecule has 0 radical (unpaired) electrons. The summed E-state index contributed by atoms with van der Waals surface area (Å²) in [5.41, 5.74) is 9.98. The van der Waals surface area contributed by atoms with Crippen LogP contribution in [0.3, 0.4) is 0 Å². The number of rotatable bonds is 3. The van der Waals surface area contributed by atoms with Crippen LogP contribution in [0.2, 0.25) is 0 Å². The summed E-state index contributed by atoms with van der Waals surface area (Å²) >= 11 is 0. The number of nitrogens with zero attached hydrogens (tertiary/aromatic N) is 6. The summed E-state index contributed by atoms with van der Waals surface area (Å²) in [5, 5.41) is 0. The number of aromatic nitrogens is 5. The Morgan fingerprint density at radius 3 is 2.48 bits per heavy atom. The first-order valence-corrected chi connectivity index (χ1v) is 7.84. The fourth-order valence-corrected chi connectivity index (χ4v) is 2.83. The molecule has 2 N–H and O–H groups in total. The van der Waals surface area contributed by atoms with Crippen LogP contribution >= 0.6 is 0 Å². The van der Waals surface area contributed by atoms with Crippen LogP contribution in [-0.4, -0.2) is 38.4 Å². The topological polar surface area (TPSA) is 85.2 Å². The van der Waals surface area contributed by atoms with Gasteiger partial charge in [0.2, 0.25) is 5.95 Å². The smallest absolute Gasteiger partial charge is 0.220 e. The Hall–Kier alpha value is -3.48. The first kappa shape index (κ1) is 15.1. The van der Waals surface area contributed by atoms with Gasteiger partial charge >= 0.3 is 0 Å². The molecule has 7 heteroatoms. The van der Waals surface area contributed by atoms with Crippen LogP contribution in [0.5, 0.6) is 0 Å². The number of anilines is 2. The third-order valence-electron chi connectivity index (χ3n) is 3.91. The molecule has 4 aromatic rings. The molecule has 0 fully saturated rings. The van der Waals surface area contributed by atoms with Gasteiger partial charge in [0.15, 0.2) is 11.5 Å². The molecule has 0 bridgehead atoms. The molecule has 3 heterocycles. The van der Waals surface area contributed by atoms with Crippen molar-refractivity contribution in [1.29, 1.82) is 0 Å². The second kappa shape index (κ2) is 5.86. The van der Waals surface area contributed by atoms with Gasteiger partial charge < -0.3 is 10.6 Å². The highest BCUT2D eigenvalue weighted by atomic mass is 15.2. The number of benzene rings is 1. The largest absolute Gasteiger partial charge is 0.368 e. The molecule has 0 aliphatic rings. The van der Waals surface area contributed by atoms with Crippen molar-refractivity contribution in [3.8, 4) is 22.6 Å². The highest BCUT2D eigenvalue weighted by Crippen LogP contribution is 2.33. The van der Waals surface area contributed by atoms with Crippen LogP contribution in [0.1, 0.15) is 0 Å². The molecule has 0 atom stereocenters. The maximum Gasteiger partial charge on any atom is 0.220 e. The summed E-state index contributed by atoms with van der Waals surface area (Å²) in [7, 11) is 3.89. The van der Waals surface area contributed by atoms with Crippen molar-refractivity contribution < 1.29 is 0 Å². The van der Waals surface area contributed by atoms with E-state index in [2.05, 4.69) is 15.0 Å². The van der Waals surface area contributed by atoms with Gasteiger partial charge in [-0.15, -0.1) is 0 Å². The number of fused-ring (bicyclic) bond motifs is 1. The molecule has 124 valence electrons. The van der Waals surface area contributed by atoms with Gasteiger partial charge in [0.1, 0.15) is 0 Å². The second-order valence-electron chi connectivity index (χ2n) is 5.81. The normalized spacial score (nSPS) is 11.0. The zero-order chi connectivity index (χ0) is 17.4. The van der Waals surface area contributed by atoms with Gasteiger partial charge in [-0.2, -0.15) is 0 Å². The molecule has 0 saturated carbocycles. The molecule has 0 unspecified atom stereocenters. The lowest BCUT2D eigenvalue weighted by molar-refractivity contribution is 1.03. The lowest BCUT2D eigenvalue weighted by Crippen LogP contribution is -2.12. The molecule has 0 aliphatic carbocycles. The number of imidazole rings is 1. The van der Waals surface area contributed by atoms with E-state index < -0.39 is 0 Å². The monoisotopic (exact) mass is 331 g/mol. The number of nitrogen functional groups attached to an aromatic ring is 1. The van der Waals surface area contributed by atoms with Crippen LogP contribution in [0, 0.1) is 0 Å². The van der Waals surface area contributed by atoms with Gasteiger partial charge in [0, 0.05) is 38.2 Å². The van der Waals surface area contributed by atoms with E-state index in [-0.39, 0.29) is 5.95 Å². The molecule has 3 aromatic heterocycles. The summed E-state index contributed by atoms with van der Waals surface area (Å²) in [4.78, 5) is 19.7. The fourth-order valence-electron chi connectivity index (χ4n) is 2.83. The van der Waals surface area contributed by atoms with Gasteiger partial charge in [-0.05, 0) is 6.07 Å². The van der Waals surface area contributed by atoms with E-state index in [1.807, 2.05) is 66.0 Å². The summed E-state index contributed by atoms with van der Waals surface area (Å²) in [6, 6.07) is 11.8. The van der Waals surface area contributed by atoms with Gasteiger partial charge in [-0.1, -0.05) is 30.3 Å². The predicted molar refractivity (Wildman–Crippen MR) is 98.2 cm³/mol. The van der Waals surface area contributed by atoms with Crippen molar-refractivity contribution >= 4 is 17.4 Å². The molecule has 4 rings (SSSR count). The van der Waals surface area contributed by atoms with Crippen molar-refractivity contribution in [2.45, 2.75) is 0 Å². The van der Waals surface area contributed by atoms with E-state index >= 15 is 0 Å². The van der Waals surface area contributed by atoms with E-state index in [4.69, 9.17) is 10.7 Å². The zero-order valence-electron chi connectivity index (χ0n) is 14.0. The number of hydrogen-bond donors (Lipinski definition) is 1. The SMILES string of the molecule is CN(C)c1nccn2c(-c3ccnc(N)n3)c(-c3ccccc3)nc12. The van der Waals surface area contributed by atoms with Crippen LogP contribution in [-0.2, 0) is 0 Å². The average molecular weight is 331 g/mol. The molecule has 7 nitrogen and oxygen atoms in total. The third-order valence-corrected chi connectivity index (χ3v) is 3.91. The highest BCUT2D eigenvalue weighted by molar-refractivity contribution is 5.83. The summed E-state index contributed by atoms with van der Waals surface area (Å²) in [5.74, 6) is 1.02. The van der Waals surface area contributed by atoms with Crippen molar-refractivity contribution in [1.82, 2.24) is 24.3 Å². The summed E-state index contributed by atoms with van der Waals surface area (Å²) in [6.45, 7) is 0. The number of hydrogen-bond acceptors (Lipinski definition) is 6. The third kappa shape index (κ3) is 2.55. The second-order valence-corrected chi connectivity index (χ2v) is 5.81. The molecule has 0 spiro atoms. The molecular weight excluding hydrogens is 314 g/mol. The van der Waals surface area contributed by atoms with E-state index in [0.29, 0.717) is 0 Å². The van der Waals surface area contributed by atoms with Crippen LogP contribution < -0.4 is 10.6 Å². The van der Waals surface area contributed by atoms with Crippen molar-refractivity contribution in [2.24, 2.45) is 0 Å². The van der Waals surface area contributed by atoms with Crippen molar-refractivity contribution in [3.05, 3.63) is 55.0 Å². The summed E-state index contributed by atoms with van der Waals surface area (Å²) in [6.07, 6.45) is 5.29. The minimum absolute atomic E-state index is 0.230. The minimum Gasteiger partial charge on any atom is -0.368 e. The first-order chi connectivity index (χ1) is 12.1. The van der Waals surface area contributed by atoms with E-state index in [9.17, 15) is 0 Å². The molecule has 1 aromatic carbocycles. The zero-order valence-corrected chi connectivity index (χ0v) is 14.0. The summed E-state index contributed by atoms with van der Waals surface area (Å²) < 4.78 is 1.99. The van der Waals surface area contributed by atoms with E-state index in [1.165, 1.54) is 0 Å². The Labute approximate surface area is 144 Å². The Morgan fingerprint density at radius 1 is 0.960 bits per heavy atom. The first-order valence-electron chi connectivity index (χ1n) is 7.84. The van der Waals surface area contributed by atoms with Crippen molar-refractivity contribution in [3.63, 3.8) is 0 Å². The molecule has 25 heavy (non-hydrogen) atoms. The lowest BCUT2D eigenvalue weighted by atomic mass is 10.1.